The van der Waals surface area contributed by atoms with Crippen LogP contribution in [0.3, 0.4) is 0 Å². The third kappa shape index (κ3) is 5.39. The maximum atomic E-state index is 5.15. The molecule has 0 aromatic heterocycles. The molecule has 1 saturated carbocycles. The van der Waals surface area contributed by atoms with Gasteiger partial charge in [0.1, 0.15) is 0 Å². The summed E-state index contributed by atoms with van der Waals surface area (Å²) in [6.07, 6.45) is 11.1. The summed E-state index contributed by atoms with van der Waals surface area (Å²) in [7, 11) is 3.92. The molecule has 0 aromatic carbocycles. The molecule has 1 aliphatic carbocycles. The summed E-state index contributed by atoms with van der Waals surface area (Å²) in [5, 5.41) is 3.52. The average Bonchev–Trinajstić information content (AvgIpc) is 2.36. The molecule has 1 unspecified atom stereocenters. The highest BCUT2D eigenvalue weighted by molar-refractivity contribution is 4.81. The van der Waals surface area contributed by atoms with Gasteiger partial charge in [-0.15, -0.1) is 0 Å². The lowest BCUT2D eigenvalue weighted by molar-refractivity contribution is 0.171. The Morgan fingerprint density at radius 2 is 1.94 bits per heavy atom. The van der Waals surface area contributed by atoms with Gasteiger partial charge >= 0.3 is 0 Å². The lowest BCUT2D eigenvalue weighted by Gasteiger charge is -2.34. The Balaban J connectivity index is 2.24. The highest BCUT2D eigenvalue weighted by atomic mass is 16.5. The van der Waals surface area contributed by atoms with Gasteiger partial charge in [0.15, 0.2) is 0 Å². The second kappa shape index (κ2) is 8.93. The zero-order chi connectivity index (χ0) is 12.5. The van der Waals surface area contributed by atoms with Crippen LogP contribution >= 0.6 is 0 Å². The van der Waals surface area contributed by atoms with Crippen LogP contribution in [-0.4, -0.2) is 26.8 Å². The van der Waals surface area contributed by atoms with Gasteiger partial charge in [-0.1, -0.05) is 32.6 Å². The normalized spacial score (nSPS) is 27.0. The van der Waals surface area contributed by atoms with Gasteiger partial charge in [-0.2, -0.15) is 0 Å². The molecule has 1 aliphatic rings. The lowest BCUT2D eigenvalue weighted by atomic mass is 9.76. The van der Waals surface area contributed by atoms with Crippen molar-refractivity contribution >= 4 is 0 Å². The van der Waals surface area contributed by atoms with Gasteiger partial charge in [0.2, 0.25) is 0 Å². The summed E-state index contributed by atoms with van der Waals surface area (Å²) in [6.45, 7) is 3.22. The van der Waals surface area contributed by atoms with Crippen molar-refractivity contribution in [2.24, 2.45) is 11.8 Å². The average molecular weight is 241 g/mol. The molecule has 1 atom stereocenters. The first-order valence-corrected chi connectivity index (χ1v) is 7.48. The fourth-order valence-corrected chi connectivity index (χ4v) is 3.35. The second-order valence-electron chi connectivity index (χ2n) is 5.60. The Hall–Kier alpha value is -0.0800. The van der Waals surface area contributed by atoms with E-state index < -0.39 is 0 Å². The molecule has 1 rings (SSSR count). The fraction of sp³-hybridized carbons (Fsp3) is 1.00. The van der Waals surface area contributed by atoms with E-state index in [0.29, 0.717) is 6.04 Å². The predicted octanol–water partition coefficient (Wildman–Crippen LogP) is 3.61. The summed E-state index contributed by atoms with van der Waals surface area (Å²) in [6, 6.07) is 0.715. The Bertz CT molecular complexity index is 176. The summed E-state index contributed by atoms with van der Waals surface area (Å²) in [5.74, 6) is 1.93. The third-order valence-electron chi connectivity index (χ3n) is 4.39. The smallest absolute Gasteiger partial charge is 0.0462 e. The molecule has 0 saturated heterocycles. The molecule has 0 heterocycles. The highest BCUT2D eigenvalue weighted by Gasteiger charge is 2.25. The van der Waals surface area contributed by atoms with E-state index in [1.807, 2.05) is 0 Å². The van der Waals surface area contributed by atoms with Gasteiger partial charge in [-0.3, -0.25) is 0 Å². The van der Waals surface area contributed by atoms with Crippen molar-refractivity contribution < 1.29 is 4.74 Å². The predicted molar refractivity (Wildman–Crippen MR) is 74.3 cm³/mol. The third-order valence-corrected chi connectivity index (χ3v) is 4.39. The molecule has 0 aliphatic heterocycles. The van der Waals surface area contributed by atoms with E-state index in [9.17, 15) is 0 Å². The molecule has 2 heteroatoms. The van der Waals surface area contributed by atoms with Gasteiger partial charge in [0.05, 0.1) is 0 Å². The molecular weight excluding hydrogens is 210 g/mol. The fourth-order valence-electron chi connectivity index (χ4n) is 3.35. The minimum absolute atomic E-state index is 0.715. The van der Waals surface area contributed by atoms with E-state index in [-0.39, 0.29) is 0 Å². The van der Waals surface area contributed by atoms with Crippen LogP contribution in [0.1, 0.15) is 58.3 Å². The monoisotopic (exact) mass is 241 g/mol. The molecule has 2 nitrogen and oxygen atoms in total. The standard InChI is InChI=1S/C15H31NO/c1-4-6-13-8-10-14(11-9-13)15(16-2)7-5-12-17-3/h13-16H,4-12H2,1-3H3. The number of hydrogen-bond acceptors (Lipinski definition) is 2. The van der Waals surface area contributed by atoms with Crippen molar-refractivity contribution in [2.45, 2.75) is 64.3 Å². The maximum Gasteiger partial charge on any atom is 0.0462 e. The van der Waals surface area contributed by atoms with Crippen molar-refractivity contribution in [3.63, 3.8) is 0 Å². The van der Waals surface area contributed by atoms with E-state index in [4.69, 9.17) is 4.74 Å². The minimum atomic E-state index is 0.715. The van der Waals surface area contributed by atoms with Crippen molar-refractivity contribution in [3.05, 3.63) is 0 Å². The van der Waals surface area contributed by atoms with Gasteiger partial charge in [0.25, 0.3) is 0 Å². The first-order valence-electron chi connectivity index (χ1n) is 7.48. The van der Waals surface area contributed by atoms with Crippen molar-refractivity contribution in [1.29, 1.82) is 0 Å². The van der Waals surface area contributed by atoms with Gasteiger partial charge in [0, 0.05) is 19.8 Å². The number of nitrogens with one attached hydrogen (secondary N) is 1. The van der Waals surface area contributed by atoms with Gasteiger partial charge < -0.3 is 10.1 Å². The largest absolute Gasteiger partial charge is 0.385 e. The summed E-state index contributed by atoms with van der Waals surface area (Å²) in [4.78, 5) is 0. The molecule has 17 heavy (non-hydrogen) atoms. The van der Waals surface area contributed by atoms with Gasteiger partial charge in [-0.25, -0.2) is 0 Å². The topological polar surface area (TPSA) is 21.3 Å². The Kier molecular flexibility index (Phi) is 7.87. The molecule has 1 fully saturated rings. The van der Waals surface area contributed by atoms with Crippen molar-refractivity contribution in [2.75, 3.05) is 20.8 Å². The molecule has 0 aromatic rings. The summed E-state index contributed by atoms with van der Waals surface area (Å²) >= 11 is 0. The number of methoxy groups -OCH3 is 1. The van der Waals surface area contributed by atoms with E-state index in [2.05, 4.69) is 19.3 Å². The van der Waals surface area contributed by atoms with Crippen LogP contribution in [0.15, 0.2) is 0 Å². The molecule has 0 radical (unpaired) electrons. The quantitative estimate of drug-likeness (QED) is 0.656. The Morgan fingerprint density at radius 3 is 2.47 bits per heavy atom. The second-order valence-corrected chi connectivity index (χ2v) is 5.60. The first-order chi connectivity index (χ1) is 8.31. The van der Waals surface area contributed by atoms with E-state index in [1.54, 1.807) is 7.11 Å². The Morgan fingerprint density at radius 1 is 1.24 bits per heavy atom. The molecule has 1 N–H and O–H groups in total. The SMILES string of the molecule is CCCC1CCC(C(CCCOC)NC)CC1. The van der Waals surface area contributed by atoms with E-state index >= 15 is 0 Å². The highest BCUT2D eigenvalue weighted by Crippen LogP contribution is 2.34. The molecular formula is C15H31NO. The van der Waals surface area contributed by atoms with Crippen LogP contribution in [0.4, 0.5) is 0 Å². The van der Waals surface area contributed by atoms with Gasteiger partial charge in [-0.05, 0) is 44.6 Å². The molecule has 0 amide bonds. The van der Waals surface area contributed by atoms with Crippen LogP contribution in [0.5, 0.6) is 0 Å². The van der Waals surface area contributed by atoms with Crippen LogP contribution in [0.25, 0.3) is 0 Å². The van der Waals surface area contributed by atoms with E-state index in [1.165, 1.54) is 51.4 Å². The van der Waals surface area contributed by atoms with Crippen LogP contribution in [0.2, 0.25) is 0 Å². The van der Waals surface area contributed by atoms with Crippen molar-refractivity contribution in [3.8, 4) is 0 Å². The minimum Gasteiger partial charge on any atom is -0.385 e. The first kappa shape index (κ1) is 15.0. The molecule has 0 spiro atoms. The van der Waals surface area contributed by atoms with Crippen LogP contribution < -0.4 is 5.32 Å². The zero-order valence-corrected chi connectivity index (χ0v) is 12.0. The number of rotatable bonds is 8. The number of ether oxygens (including phenoxy) is 1. The van der Waals surface area contributed by atoms with Crippen LogP contribution in [0, 0.1) is 11.8 Å². The van der Waals surface area contributed by atoms with Crippen LogP contribution in [-0.2, 0) is 4.74 Å². The van der Waals surface area contributed by atoms with Crippen molar-refractivity contribution in [1.82, 2.24) is 5.32 Å². The Labute approximate surface area is 108 Å². The van der Waals surface area contributed by atoms with E-state index in [0.717, 1.165) is 18.4 Å². The zero-order valence-electron chi connectivity index (χ0n) is 12.0. The lowest BCUT2D eigenvalue weighted by Crippen LogP contribution is -2.36. The molecule has 0 bridgehead atoms. The summed E-state index contributed by atoms with van der Waals surface area (Å²) < 4.78 is 5.15. The maximum absolute atomic E-state index is 5.15. The summed E-state index contributed by atoms with van der Waals surface area (Å²) in [5.41, 5.74) is 0. The number of hydrogen-bond donors (Lipinski definition) is 1. The molecule has 102 valence electrons.